The van der Waals surface area contributed by atoms with Gasteiger partial charge in [0.05, 0.1) is 0 Å². The zero-order valence-electron chi connectivity index (χ0n) is 7.35. The van der Waals surface area contributed by atoms with Crippen LogP contribution >= 0.6 is 15.9 Å². The first-order valence-corrected chi connectivity index (χ1v) is 5.73. The van der Waals surface area contributed by atoms with Crippen molar-refractivity contribution in [1.29, 1.82) is 0 Å². The van der Waals surface area contributed by atoms with E-state index < -0.39 is 0 Å². The molecule has 1 rings (SSSR count). The van der Waals surface area contributed by atoms with E-state index in [2.05, 4.69) is 27.9 Å². The molecule has 0 amide bonds. The molecule has 0 unspecified atom stereocenters. The van der Waals surface area contributed by atoms with E-state index in [0.29, 0.717) is 0 Å². The van der Waals surface area contributed by atoms with Gasteiger partial charge < -0.3 is 4.90 Å². The minimum Gasteiger partial charge on any atom is -0.303 e. The number of rotatable bonds is 3. The van der Waals surface area contributed by atoms with Gasteiger partial charge in [0.1, 0.15) is 0 Å². The third-order valence-corrected chi connectivity index (χ3v) is 2.99. The lowest BCUT2D eigenvalue weighted by Gasteiger charge is -2.30. The number of halogens is 1. The quantitative estimate of drug-likeness (QED) is 0.661. The second kappa shape index (κ2) is 5.15. The monoisotopic (exact) mass is 219 g/mol. The van der Waals surface area contributed by atoms with Gasteiger partial charge in [-0.2, -0.15) is 0 Å². The van der Waals surface area contributed by atoms with Gasteiger partial charge in [-0.05, 0) is 19.9 Å². The molecular formula is C9H18BrN. The summed E-state index contributed by atoms with van der Waals surface area (Å²) in [4.78, 5) is 2.49. The Balaban J connectivity index is 2.21. The van der Waals surface area contributed by atoms with Crippen molar-refractivity contribution < 1.29 is 0 Å². The van der Waals surface area contributed by atoms with E-state index in [-0.39, 0.29) is 0 Å². The molecule has 0 aromatic heterocycles. The molecule has 0 atom stereocenters. The van der Waals surface area contributed by atoms with Crippen LogP contribution in [0.4, 0.5) is 0 Å². The van der Waals surface area contributed by atoms with Crippen LogP contribution in [0.3, 0.4) is 0 Å². The van der Waals surface area contributed by atoms with Gasteiger partial charge in [0, 0.05) is 17.9 Å². The van der Waals surface area contributed by atoms with E-state index in [0.717, 1.165) is 11.4 Å². The molecule has 0 bridgehead atoms. The fourth-order valence-electron chi connectivity index (χ4n) is 1.84. The first kappa shape index (κ1) is 9.53. The van der Waals surface area contributed by atoms with E-state index in [1.807, 2.05) is 0 Å². The Morgan fingerprint density at radius 1 is 1.27 bits per heavy atom. The van der Waals surface area contributed by atoms with Gasteiger partial charge >= 0.3 is 0 Å². The molecule has 0 aromatic carbocycles. The number of hydrogen-bond donors (Lipinski definition) is 0. The summed E-state index contributed by atoms with van der Waals surface area (Å²) < 4.78 is 0. The lowest BCUT2D eigenvalue weighted by atomic mass is 9.95. The molecule has 2 heteroatoms. The van der Waals surface area contributed by atoms with Crippen LogP contribution in [-0.4, -0.2) is 29.9 Å². The third-order valence-electron chi connectivity index (χ3n) is 2.64. The van der Waals surface area contributed by atoms with Crippen molar-refractivity contribution in [2.24, 2.45) is 0 Å². The molecule has 0 N–H and O–H groups in total. The molecule has 1 saturated carbocycles. The van der Waals surface area contributed by atoms with Crippen LogP contribution in [0, 0.1) is 0 Å². The van der Waals surface area contributed by atoms with Crippen molar-refractivity contribution >= 4 is 15.9 Å². The second-order valence-electron chi connectivity index (χ2n) is 3.46. The predicted molar refractivity (Wildman–Crippen MR) is 53.3 cm³/mol. The van der Waals surface area contributed by atoms with Crippen LogP contribution in [0.25, 0.3) is 0 Å². The van der Waals surface area contributed by atoms with Gasteiger partial charge in [-0.1, -0.05) is 35.2 Å². The molecule has 1 fully saturated rings. The van der Waals surface area contributed by atoms with Crippen LogP contribution in [0.1, 0.15) is 32.1 Å². The van der Waals surface area contributed by atoms with E-state index in [1.54, 1.807) is 0 Å². The van der Waals surface area contributed by atoms with Crippen molar-refractivity contribution in [3.8, 4) is 0 Å². The Kier molecular flexibility index (Phi) is 4.46. The lowest BCUT2D eigenvalue weighted by Crippen LogP contribution is -2.34. The van der Waals surface area contributed by atoms with Gasteiger partial charge in [0.15, 0.2) is 0 Å². The maximum atomic E-state index is 3.47. The molecule has 1 nitrogen and oxygen atoms in total. The third kappa shape index (κ3) is 3.12. The summed E-state index contributed by atoms with van der Waals surface area (Å²) in [5.41, 5.74) is 0. The molecule has 11 heavy (non-hydrogen) atoms. The molecule has 1 aliphatic rings. The molecule has 0 aromatic rings. The minimum atomic E-state index is 0.876. The largest absolute Gasteiger partial charge is 0.303 e. The highest BCUT2D eigenvalue weighted by Gasteiger charge is 2.16. The Bertz CT molecular complexity index is 99.7. The van der Waals surface area contributed by atoms with Crippen molar-refractivity contribution in [1.82, 2.24) is 4.90 Å². The minimum absolute atomic E-state index is 0.876. The van der Waals surface area contributed by atoms with Crippen LogP contribution < -0.4 is 0 Å². The highest BCUT2D eigenvalue weighted by Crippen LogP contribution is 2.21. The maximum Gasteiger partial charge on any atom is 0.0159 e. The average molecular weight is 220 g/mol. The van der Waals surface area contributed by atoms with Crippen molar-refractivity contribution in [3.05, 3.63) is 0 Å². The molecule has 66 valence electrons. The molecule has 0 saturated heterocycles. The van der Waals surface area contributed by atoms with Crippen LogP contribution in [0.2, 0.25) is 0 Å². The van der Waals surface area contributed by atoms with Gasteiger partial charge in [0.2, 0.25) is 0 Å². The molecular weight excluding hydrogens is 202 g/mol. The lowest BCUT2D eigenvalue weighted by molar-refractivity contribution is 0.202. The average Bonchev–Trinajstić information content (AvgIpc) is 2.07. The molecule has 1 aliphatic carbocycles. The van der Waals surface area contributed by atoms with Gasteiger partial charge in [-0.15, -0.1) is 0 Å². The summed E-state index contributed by atoms with van der Waals surface area (Å²) in [6.07, 6.45) is 7.18. The fraction of sp³-hybridized carbons (Fsp3) is 1.00. The van der Waals surface area contributed by atoms with E-state index in [1.165, 1.54) is 38.6 Å². The zero-order chi connectivity index (χ0) is 8.10. The summed E-state index contributed by atoms with van der Waals surface area (Å²) >= 11 is 3.47. The number of alkyl halides is 1. The van der Waals surface area contributed by atoms with Crippen molar-refractivity contribution in [2.75, 3.05) is 18.9 Å². The smallest absolute Gasteiger partial charge is 0.0159 e. The summed E-state index contributed by atoms with van der Waals surface area (Å²) in [5.74, 6) is 0. The highest BCUT2D eigenvalue weighted by atomic mass is 79.9. The Labute approximate surface area is 78.3 Å². The summed E-state index contributed by atoms with van der Waals surface area (Å²) in [6.45, 7) is 1.20. The van der Waals surface area contributed by atoms with Crippen LogP contribution in [0.15, 0.2) is 0 Å². The molecule has 0 heterocycles. The first-order chi connectivity index (χ1) is 5.34. The maximum absolute atomic E-state index is 3.47. The number of hydrogen-bond acceptors (Lipinski definition) is 1. The summed E-state index contributed by atoms with van der Waals surface area (Å²) in [5, 5.41) is 1.11. The Hall–Kier alpha value is 0.440. The first-order valence-electron chi connectivity index (χ1n) is 4.61. The second-order valence-corrected chi connectivity index (χ2v) is 4.25. The van der Waals surface area contributed by atoms with Gasteiger partial charge in [-0.25, -0.2) is 0 Å². The molecule has 0 aliphatic heterocycles. The molecule has 0 spiro atoms. The number of nitrogens with zero attached hydrogens (tertiary/aromatic N) is 1. The van der Waals surface area contributed by atoms with E-state index in [9.17, 15) is 0 Å². The SMILES string of the molecule is CN(CCBr)C1CCCCC1. The van der Waals surface area contributed by atoms with Gasteiger partial charge in [-0.3, -0.25) is 0 Å². The highest BCUT2D eigenvalue weighted by molar-refractivity contribution is 9.09. The van der Waals surface area contributed by atoms with E-state index >= 15 is 0 Å². The fourth-order valence-corrected chi connectivity index (χ4v) is 2.40. The predicted octanol–water partition coefficient (Wildman–Crippen LogP) is 2.65. The van der Waals surface area contributed by atoms with E-state index in [4.69, 9.17) is 0 Å². The van der Waals surface area contributed by atoms with Crippen molar-refractivity contribution in [3.63, 3.8) is 0 Å². The topological polar surface area (TPSA) is 3.24 Å². The molecule has 0 radical (unpaired) electrons. The standard InChI is InChI=1S/C9H18BrN/c1-11(8-7-10)9-5-3-2-4-6-9/h9H,2-8H2,1H3. The Morgan fingerprint density at radius 2 is 1.91 bits per heavy atom. The normalized spacial score (nSPS) is 21.0. The van der Waals surface area contributed by atoms with Crippen molar-refractivity contribution in [2.45, 2.75) is 38.1 Å². The van der Waals surface area contributed by atoms with Gasteiger partial charge in [0.25, 0.3) is 0 Å². The van der Waals surface area contributed by atoms with Crippen LogP contribution in [0.5, 0.6) is 0 Å². The zero-order valence-corrected chi connectivity index (χ0v) is 8.94. The summed E-state index contributed by atoms with van der Waals surface area (Å²) in [7, 11) is 2.25. The Morgan fingerprint density at radius 3 is 2.45 bits per heavy atom. The summed E-state index contributed by atoms with van der Waals surface area (Å²) in [6, 6.07) is 0.876. The van der Waals surface area contributed by atoms with Crippen LogP contribution in [-0.2, 0) is 0 Å².